The van der Waals surface area contributed by atoms with Crippen LogP contribution >= 0.6 is 0 Å². The second-order valence-electron chi connectivity index (χ2n) is 6.53. The van der Waals surface area contributed by atoms with Crippen molar-refractivity contribution < 1.29 is 13.9 Å². The Morgan fingerprint density at radius 2 is 2.29 bits per heavy atom. The molecule has 2 aliphatic heterocycles. The van der Waals surface area contributed by atoms with Gasteiger partial charge in [-0.15, -0.1) is 0 Å². The van der Waals surface area contributed by atoms with Crippen molar-refractivity contribution in [2.24, 2.45) is 0 Å². The molecular formula is C17H22N4O3. The van der Waals surface area contributed by atoms with E-state index in [0.29, 0.717) is 6.54 Å². The van der Waals surface area contributed by atoms with Crippen LogP contribution in [0.15, 0.2) is 35.4 Å². The molecular weight excluding hydrogens is 308 g/mol. The second kappa shape index (κ2) is 6.07. The number of ether oxygens (including phenoxy) is 1. The number of amides is 1. The van der Waals surface area contributed by atoms with Crippen molar-refractivity contribution in [1.82, 2.24) is 19.8 Å². The maximum absolute atomic E-state index is 12.1. The number of furan rings is 1. The van der Waals surface area contributed by atoms with E-state index in [2.05, 4.69) is 19.8 Å². The molecule has 1 N–H and O–H groups in total. The number of nitrogens with one attached hydrogen (secondary N) is 1. The molecule has 1 saturated heterocycles. The van der Waals surface area contributed by atoms with E-state index >= 15 is 0 Å². The van der Waals surface area contributed by atoms with Crippen LogP contribution in [0.5, 0.6) is 0 Å². The molecule has 128 valence electrons. The minimum atomic E-state index is -0.466. The number of hydrogen-bond donors (Lipinski definition) is 1. The average Bonchev–Trinajstić information content (AvgIpc) is 3.28. The number of carbonyl (C=O) groups excluding carboxylic acids is 1. The summed E-state index contributed by atoms with van der Waals surface area (Å²) in [6.07, 6.45) is 8.42. The van der Waals surface area contributed by atoms with Crippen LogP contribution in [-0.4, -0.2) is 46.6 Å². The summed E-state index contributed by atoms with van der Waals surface area (Å²) in [5.74, 6) is 0.875. The van der Waals surface area contributed by atoms with E-state index in [1.807, 2.05) is 12.3 Å². The fourth-order valence-corrected chi connectivity index (χ4v) is 3.75. The van der Waals surface area contributed by atoms with Crippen LogP contribution in [-0.2, 0) is 28.2 Å². The zero-order chi connectivity index (χ0) is 16.6. The molecule has 0 radical (unpaired) electrons. The highest BCUT2D eigenvalue weighted by atomic mass is 16.5. The fourth-order valence-electron chi connectivity index (χ4n) is 3.75. The molecule has 0 bridgehead atoms. The van der Waals surface area contributed by atoms with Gasteiger partial charge in [0.25, 0.3) is 5.91 Å². The van der Waals surface area contributed by atoms with Crippen molar-refractivity contribution in [3.63, 3.8) is 0 Å². The molecule has 2 aliphatic rings. The zero-order valence-electron chi connectivity index (χ0n) is 13.8. The highest BCUT2D eigenvalue weighted by Gasteiger charge is 2.46. The third kappa shape index (κ3) is 2.63. The van der Waals surface area contributed by atoms with Crippen LogP contribution in [0.2, 0.25) is 0 Å². The van der Waals surface area contributed by atoms with E-state index in [9.17, 15) is 4.79 Å². The third-order valence-corrected chi connectivity index (χ3v) is 5.04. The van der Waals surface area contributed by atoms with E-state index in [0.717, 1.165) is 38.3 Å². The number of nitrogens with zero attached hydrogens (tertiary/aromatic N) is 3. The monoisotopic (exact) mass is 330 g/mol. The van der Waals surface area contributed by atoms with Gasteiger partial charge in [0.05, 0.1) is 19.1 Å². The van der Waals surface area contributed by atoms with Crippen LogP contribution in [0.3, 0.4) is 0 Å². The topological polar surface area (TPSA) is 72.5 Å². The second-order valence-corrected chi connectivity index (χ2v) is 6.53. The van der Waals surface area contributed by atoms with Gasteiger partial charge in [0.15, 0.2) is 6.10 Å². The van der Waals surface area contributed by atoms with Crippen LogP contribution < -0.4 is 5.32 Å². The van der Waals surface area contributed by atoms with Gasteiger partial charge < -0.3 is 19.0 Å². The highest BCUT2D eigenvalue weighted by Crippen LogP contribution is 2.40. The fraction of sp³-hybridized carbons (Fsp3) is 0.529. The first-order chi connectivity index (χ1) is 11.7. The Balaban J connectivity index is 1.51. The van der Waals surface area contributed by atoms with Gasteiger partial charge >= 0.3 is 0 Å². The minimum absolute atomic E-state index is 0.0745. The minimum Gasteiger partial charge on any atom is -0.472 e. The van der Waals surface area contributed by atoms with Gasteiger partial charge in [-0.25, -0.2) is 4.98 Å². The Morgan fingerprint density at radius 1 is 1.46 bits per heavy atom. The number of likely N-dealkylation sites (N-methyl/N-ethyl adjacent to an activating group) is 1. The molecule has 1 unspecified atom stereocenters. The normalized spacial score (nSPS) is 23.1. The van der Waals surface area contributed by atoms with Crippen LogP contribution in [0.1, 0.15) is 24.2 Å². The maximum Gasteiger partial charge on any atom is 0.250 e. The lowest BCUT2D eigenvalue weighted by Crippen LogP contribution is -2.53. The predicted molar refractivity (Wildman–Crippen MR) is 86.1 cm³/mol. The Hall–Kier alpha value is -2.12. The van der Waals surface area contributed by atoms with E-state index < -0.39 is 11.7 Å². The number of likely N-dealkylation sites (tertiary alicyclic amines) is 1. The van der Waals surface area contributed by atoms with E-state index in [1.54, 1.807) is 25.8 Å². The maximum atomic E-state index is 12.1. The summed E-state index contributed by atoms with van der Waals surface area (Å²) in [6.45, 7) is 3.20. The SMILES string of the molecule is CNC(=O)C1Cn2ccnc2C2(CCN(Cc3ccoc3)CC2)O1. The van der Waals surface area contributed by atoms with Crippen molar-refractivity contribution in [1.29, 1.82) is 0 Å². The van der Waals surface area contributed by atoms with Gasteiger partial charge in [0.1, 0.15) is 11.4 Å². The number of carbonyl (C=O) groups is 1. The molecule has 2 aromatic rings. The number of imidazole rings is 1. The van der Waals surface area contributed by atoms with E-state index in [1.165, 1.54) is 5.56 Å². The summed E-state index contributed by atoms with van der Waals surface area (Å²) in [5.41, 5.74) is 0.714. The van der Waals surface area contributed by atoms with Crippen molar-refractivity contribution >= 4 is 5.91 Å². The molecule has 0 aromatic carbocycles. The lowest BCUT2D eigenvalue weighted by molar-refractivity contribution is -0.173. The molecule has 2 aromatic heterocycles. The van der Waals surface area contributed by atoms with Gasteiger partial charge in [-0.05, 0) is 18.9 Å². The standard InChI is InChI=1S/C17H22N4O3/c1-18-15(22)14-11-21-8-5-19-16(21)17(24-14)3-6-20(7-4-17)10-13-2-9-23-12-13/h2,5,8-9,12,14H,3-4,6-7,10-11H2,1H3,(H,18,22). The van der Waals surface area contributed by atoms with Gasteiger partial charge in [-0.2, -0.15) is 0 Å². The van der Waals surface area contributed by atoms with Crippen molar-refractivity contribution in [2.75, 3.05) is 20.1 Å². The van der Waals surface area contributed by atoms with Crippen molar-refractivity contribution in [3.05, 3.63) is 42.4 Å². The molecule has 4 rings (SSSR count). The molecule has 7 heteroatoms. The van der Waals surface area contributed by atoms with E-state index in [4.69, 9.17) is 9.15 Å². The smallest absolute Gasteiger partial charge is 0.250 e. The van der Waals surface area contributed by atoms with Gasteiger partial charge in [0.2, 0.25) is 0 Å². The first-order valence-corrected chi connectivity index (χ1v) is 8.35. The Bertz CT molecular complexity index is 701. The Kier molecular flexibility index (Phi) is 3.90. The summed E-state index contributed by atoms with van der Waals surface area (Å²) >= 11 is 0. The van der Waals surface area contributed by atoms with Crippen LogP contribution in [0.25, 0.3) is 0 Å². The van der Waals surface area contributed by atoms with E-state index in [-0.39, 0.29) is 5.91 Å². The van der Waals surface area contributed by atoms with Crippen LogP contribution in [0, 0.1) is 0 Å². The summed E-state index contributed by atoms with van der Waals surface area (Å²) in [6, 6.07) is 2.00. The van der Waals surface area contributed by atoms with Gasteiger partial charge in [-0.3, -0.25) is 9.69 Å². The average molecular weight is 330 g/mol. The molecule has 1 atom stereocenters. The Labute approximate surface area is 140 Å². The number of rotatable bonds is 3. The summed E-state index contributed by atoms with van der Waals surface area (Å²) in [4.78, 5) is 19.0. The molecule has 0 aliphatic carbocycles. The summed E-state index contributed by atoms with van der Waals surface area (Å²) < 4.78 is 13.5. The molecule has 1 spiro atoms. The molecule has 1 amide bonds. The number of aromatic nitrogens is 2. The van der Waals surface area contributed by atoms with Crippen molar-refractivity contribution in [2.45, 2.75) is 37.6 Å². The van der Waals surface area contributed by atoms with Crippen LogP contribution in [0.4, 0.5) is 0 Å². The quantitative estimate of drug-likeness (QED) is 0.913. The lowest BCUT2D eigenvalue weighted by atomic mass is 9.88. The third-order valence-electron chi connectivity index (χ3n) is 5.04. The zero-order valence-corrected chi connectivity index (χ0v) is 13.8. The summed E-state index contributed by atoms with van der Waals surface area (Å²) in [7, 11) is 1.65. The molecule has 0 saturated carbocycles. The first-order valence-electron chi connectivity index (χ1n) is 8.35. The molecule has 7 nitrogen and oxygen atoms in total. The lowest BCUT2D eigenvalue weighted by Gasteiger charge is -2.45. The number of hydrogen-bond acceptors (Lipinski definition) is 5. The molecule has 24 heavy (non-hydrogen) atoms. The van der Waals surface area contributed by atoms with Gasteiger partial charge in [-0.1, -0.05) is 0 Å². The van der Waals surface area contributed by atoms with Gasteiger partial charge in [0, 0.05) is 44.6 Å². The predicted octanol–water partition coefficient (Wildman–Crippen LogP) is 1.11. The highest BCUT2D eigenvalue weighted by molar-refractivity contribution is 5.80. The first kappa shape index (κ1) is 15.4. The number of piperidine rings is 1. The molecule has 4 heterocycles. The Morgan fingerprint density at radius 3 is 3.00 bits per heavy atom. The molecule has 1 fully saturated rings. The largest absolute Gasteiger partial charge is 0.472 e. The number of fused-ring (bicyclic) bond motifs is 2. The summed E-state index contributed by atoms with van der Waals surface area (Å²) in [5, 5.41) is 2.70. The van der Waals surface area contributed by atoms with Crippen molar-refractivity contribution in [3.8, 4) is 0 Å².